The van der Waals surface area contributed by atoms with Crippen LogP contribution in [0.1, 0.15) is 45.6 Å². The maximum absolute atomic E-state index is 13.5. The van der Waals surface area contributed by atoms with E-state index in [2.05, 4.69) is 34.0 Å². The zero-order chi connectivity index (χ0) is 29.1. The SMILES string of the molecule is COC(=O)c1sc(-n2cnc3ccc(CN4CCN(C)CC4)cc32)cc1OCCC(C)c1ccccc1C(F)(F)F. The zero-order valence-corrected chi connectivity index (χ0v) is 24.1. The van der Waals surface area contributed by atoms with Crippen LogP contribution in [0.15, 0.2) is 54.9 Å². The van der Waals surface area contributed by atoms with E-state index in [9.17, 15) is 18.0 Å². The number of esters is 1. The van der Waals surface area contributed by atoms with Gasteiger partial charge in [0.2, 0.25) is 0 Å². The predicted octanol–water partition coefficient (Wildman–Crippen LogP) is 6.21. The lowest BCUT2D eigenvalue weighted by atomic mass is 9.93. The van der Waals surface area contributed by atoms with E-state index >= 15 is 0 Å². The number of rotatable bonds is 9. The average molecular weight is 587 g/mol. The molecule has 0 spiro atoms. The Balaban J connectivity index is 1.34. The minimum absolute atomic E-state index is 0.132. The zero-order valence-electron chi connectivity index (χ0n) is 23.3. The summed E-state index contributed by atoms with van der Waals surface area (Å²) in [5, 5.41) is 0.732. The molecule has 0 saturated carbocycles. The van der Waals surface area contributed by atoms with Gasteiger partial charge in [0.15, 0.2) is 4.88 Å². The van der Waals surface area contributed by atoms with Crippen molar-refractivity contribution in [3.05, 3.63) is 76.4 Å². The average Bonchev–Trinajstić information content (AvgIpc) is 3.57. The fourth-order valence-electron chi connectivity index (χ4n) is 5.10. The van der Waals surface area contributed by atoms with E-state index in [0.29, 0.717) is 17.0 Å². The van der Waals surface area contributed by atoms with Gasteiger partial charge in [-0.1, -0.05) is 31.2 Å². The van der Waals surface area contributed by atoms with Gasteiger partial charge in [-0.15, -0.1) is 11.3 Å². The van der Waals surface area contributed by atoms with Crippen LogP contribution in [0, 0.1) is 0 Å². The van der Waals surface area contributed by atoms with Gasteiger partial charge in [-0.3, -0.25) is 9.47 Å². The lowest BCUT2D eigenvalue weighted by molar-refractivity contribution is -0.138. The van der Waals surface area contributed by atoms with Crippen molar-refractivity contribution < 1.29 is 27.4 Å². The molecule has 1 aliphatic rings. The number of methoxy groups -OCH3 is 1. The number of thiophene rings is 1. The van der Waals surface area contributed by atoms with Crippen LogP contribution in [0.4, 0.5) is 13.2 Å². The highest BCUT2D eigenvalue weighted by molar-refractivity contribution is 7.16. The third kappa shape index (κ3) is 6.58. The van der Waals surface area contributed by atoms with E-state index in [4.69, 9.17) is 9.47 Å². The van der Waals surface area contributed by atoms with Gasteiger partial charge in [-0.05, 0) is 48.7 Å². The molecule has 5 rings (SSSR count). The first-order valence-electron chi connectivity index (χ1n) is 13.5. The first-order valence-corrected chi connectivity index (χ1v) is 14.3. The summed E-state index contributed by atoms with van der Waals surface area (Å²) in [4.78, 5) is 22.2. The number of alkyl halides is 3. The first kappa shape index (κ1) is 29.1. The van der Waals surface area contributed by atoms with E-state index < -0.39 is 23.6 Å². The number of hydrogen-bond acceptors (Lipinski definition) is 7. The number of fused-ring (bicyclic) bond motifs is 1. The van der Waals surface area contributed by atoms with E-state index in [1.165, 1.54) is 36.1 Å². The molecule has 0 bridgehead atoms. The Morgan fingerprint density at radius 3 is 2.59 bits per heavy atom. The lowest BCUT2D eigenvalue weighted by Gasteiger charge is -2.32. The number of nitrogens with zero attached hydrogens (tertiary/aromatic N) is 4. The molecule has 1 atom stereocenters. The second kappa shape index (κ2) is 12.2. The van der Waals surface area contributed by atoms with Crippen LogP contribution >= 0.6 is 11.3 Å². The standard InChI is InChI=1S/C30H33F3N4O3S/c1-20(22-6-4-5-7-23(22)30(31,32)33)10-15-40-26-17-27(41-28(26)29(38)39-3)37-19-34-24-9-8-21(16-25(24)37)18-36-13-11-35(2)12-14-36/h4-9,16-17,19-20H,10-15,18H2,1-3H3. The van der Waals surface area contributed by atoms with Crippen molar-refractivity contribution >= 4 is 28.3 Å². The van der Waals surface area contributed by atoms with E-state index in [-0.39, 0.29) is 12.2 Å². The third-order valence-corrected chi connectivity index (χ3v) is 8.61. The van der Waals surface area contributed by atoms with Crippen LogP contribution in [-0.4, -0.2) is 72.3 Å². The van der Waals surface area contributed by atoms with Crippen LogP contribution in [0.2, 0.25) is 0 Å². The van der Waals surface area contributed by atoms with E-state index in [1.807, 2.05) is 10.6 Å². The Kier molecular flexibility index (Phi) is 8.67. The number of piperazine rings is 1. The quantitative estimate of drug-likeness (QED) is 0.217. The number of carbonyl (C=O) groups excluding carboxylic acids is 1. The Morgan fingerprint density at radius 2 is 1.85 bits per heavy atom. The van der Waals surface area contributed by atoms with Crippen LogP contribution in [0.5, 0.6) is 5.75 Å². The molecule has 3 heterocycles. The number of aromatic nitrogens is 2. The van der Waals surface area contributed by atoms with Crippen LogP contribution in [0.3, 0.4) is 0 Å². The molecule has 2 aromatic heterocycles. The molecule has 2 aromatic carbocycles. The molecule has 7 nitrogen and oxygen atoms in total. The van der Waals surface area contributed by atoms with Crippen LogP contribution in [-0.2, 0) is 17.5 Å². The third-order valence-electron chi connectivity index (χ3n) is 7.51. The topological polar surface area (TPSA) is 59.8 Å². The number of hydrogen-bond donors (Lipinski definition) is 0. The molecule has 11 heteroatoms. The van der Waals surface area contributed by atoms with E-state index in [1.54, 1.807) is 25.4 Å². The van der Waals surface area contributed by atoms with Crippen molar-refractivity contribution in [3.63, 3.8) is 0 Å². The number of halogens is 3. The molecule has 0 aliphatic carbocycles. The van der Waals surface area contributed by atoms with E-state index in [0.717, 1.165) is 54.8 Å². The Morgan fingerprint density at radius 1 is 1.10 bits per heavy atom. The Labute approximate surface area is 241 Å². The summed E-state index contributed by atoms with van der Waals surface area (Å²) < 4.78 is 53.4. The normalized spacial score (nSPS) is 15.8. The lowest BCUT2D eigenvalue weighted by Crippen LogP contribution is -2.43. The van der Waals surface area contributed by atoms with Gasteiger partial charge in [0, 0.05) is 38.8 Å². The minimum Gasteiger partial charge on any atom is -0.492 e. The maximum atomic E-state index is 13.5. The fourth-order valence-corrected chi connectivity index (χ4v) is 6.10. The highest BCUT2D eigenvalue weighted by atomic mass is 32.1. The highest BCUT2D eigenvalue weighted by Crippen LogP contribution is 2.37. The van der Waals surface area contributed by atoms with Crippen LogP contribution < -0.4 is 4.74 Å². The number of carbonyl (C=O) groups is 1. The summed E-state index contributed by atoms with van der Waals surface area (Å²) in [6, 6.07) is 13.6. The molecule has 0 radical (unpaired) electrons. The van der Waals surface area contributed by atoms with Crippen LogP contribution in [0.25, 0.3) is 16.0 Å². The smallest absolute Gasteiger partial charge is 0.416 e. The number of ether oxygens (including phenoxy) is 2. The Bertz CT molecular complexity index is 1510. The summed E-state index contributed by atoms with van der Waals surface area (Å²) in [5.74, 6) is -0.598. The predicted molar refractivity (Wildman–Crippen MR) is 153 cm³/mol. The number of likely N-dealkylation sites (N-methyl/N-ethyl adjacent to an activating group) is 1. The van der Waals surface area contributed by atoms with Gasteiger partial charge < -0.3 is 14.4 Å². The van der Waals surface area contributed by atoms with Gasteiger partial charge in [0.25, 0.3) is 0 Å². The van der Waals surface area contributed by atoms with Gasteiger partial charge >= 0.3 is 12.1 Å². The van der Waals surface area contributed by atoms with Gasteiger partial charge in [-0.25, -0.2) is 9.78 Å². The van der Waals surface area contributed by atoms with Gasteiger partial charge in [0.1, 0.15) is 17.1 Å². The van der Waals surface area contributed by atoms with Gasteiger partial charge in [0.05, 0.1) is 30.3 Å². The van der Waals surface area contributed by atoms with Crippen molar-refractivity contribution in [3.8, 4) is 10.8 Å². The summed E-state index contributed by atoms with van der Waals surface area (Å²) in [7, 11) is 3.44. The first-order chi connectivity index (χ1) is 19.6. The molecule has 41 heavy (non-hydrogen) atoms. The minimum atomic E-state index is -4.43. The molecule has 1 unspecified atom stereocenters. The van der Waals surface area contributed by atoms with Crippen molar-refractivity contribution in [1.29, 1.82) is 0 Å². The van der Waals surface area contributed by atoms with Crippen molar-refractivity contribution in [2.45, 2.75) is 32.0 Å². The summed E-state index contributed by atoms with van der Waals surface area (Å²) in [5.41, 5.74) is 2.51. The molecule has 1 fully saturated rings. The molecule has 1 aliphatic heterocycles. The Hall–Kier alpha value is -3.41. The largest absolute Gasteiger partial charge is 0.492 e. The van der Waals surface area contributed by atoms with Gasteiger partial charge in [-0.2, -0.15) is 13.2 Å². The molecular formula is C30H33F3N4O3S. The molecule has 0 amide bonds. The van der Waals surface area contributed by atoms with Crippen molar-refractivity contribution in [2.75, 3.05) is 46.9 Å². The fraction of sp³-hybridized carbons (Fsp3) is 0.400. The molecule has 218 valence electrons. The second-order valence-corrected chi connectivity index (χ2v) is 11.4. The molecule has 4 aromatic rings. The summed E-state index contributed by atoms with van der Waals surface area (Å²) in [6.45, 7) is 6.84. The summed E-state index contributed by atoms with van der Waals surface area (Å²) >= 11 is 1.23. The van der Waals surface area contributed by atoms with Crippen molar-refractivity contribution in [1.82, 2.24) is 19.4 Å². The van der Waals surface area contributed by atoms with Crippen molar-refractivity contribution in [2.24, 2.45) is 0 Å². The molecule has 1 saturated heterocycles. The molecular weight excluding hydrogens is 553 g/mol. The number of benzene rings is 2. The molecule has 0 N–H and O–H groups in total. The second-order valence-electron chi connectivity index (χ2n) is 10.4. The number of imidazole rings is 1. The summed E-state index contributed by atoms with van der Waals surface area (Å²) in [6.07, 6.45) is -2.37. The monoisotopic (exact) mass is 586 g/mol. The maximum Gasteiger partial charge on any atom is 0.416 e. The highest BCUT2D eigenvalue weighted by Gasteiger charge is 2.34.